The van der Waals surface area contributed by atoms with Gasteiger partial charge in [0.2, 0.25) is 0 Å². The summed E-state index contributed by atoms with van der Waals surface area (Å²) in [5, 5.41) is 1.66. The fourth-order valence-corrected chi connectivity index (χ4v) is 2.80. The predicted molar refractivity (Wildman–Crippen MR) is 91.4 cm³/mol. The van der Waals surface area contributed by atoms with Gasteiger partial charge < -0.3 is 4.74 Å². The van der Waals surface area contributed by atoms with E-state index in [1.165, 1.54) is 0 Å². The molecule has 0 aromatic carbocycles. The summed E-state index contributed by atoms with van der Waals surface area (Å²) >= 11 is 14.3. The highest BCUT2D eigenvalue weighted by Crippen LogP contribution is 2.29. The summed E-state index contributed by atoms with van der Waals surface area (Å²) in [4.78, 5) is 0. The maximum atomic E-state index is 5.80. The topological polar surface area (TPSA) is 9.23 Å². The van der Waals surface area contributed by atoms with E-state index in [-0.39, 0.29) is 8.65 Å². The summed E-state index contributed by atoms with van der Waals surface area (Å²) in [5.74, 6) is 0. The smallest absolute Gasteiger partial charge is 0.0631 e. The zero-order valence-electron chi connectivity index (χ0n) is 9.73. The van der Waals surface area contributed by atoms with Gasteiger partial charge in [-0.05, 0) is 12.8 Å². The van der Waals surface area contributed by atoms with Crippen LogP contribution in [0.3, 0.4) is 0 Å². The molecule has 100 valence electrons. The van der Waals surface area contributed by atoms with Crippen molar-refractivity contribution >= 4 is 63.7 Å². The molecule has 0 aliphatic carbocycles. The van der Waals surface area contributed by atoms with Crippen LogP contribution in [0.5, 0.6) is 0 Å². The summed E-state index contributed by atoms with van der Waals surface area (Å²) in [7, 11) is 0. The normalized spacial score (nSPS) is 18.1. The van der Waals surface area contributed by atoms with Crippen LogP contribution in [0.15, 0.2) is 25.3 Å². The van der Waals surface area contributed by atoms with E-state index in [2.05, 4.69) is 76.9 Å². The van der Waals surface area contributed by atoms with Crippen LogP contribution < -0.4 is 0 Å². The lowest BCUT2D eigenvalue weighted by atomic mass is 10.1. The van der Waals surface area contributed by atoms with Crippen molar-refractivity contribution in [2.24, 2.45) is 0 Å². The summed E-state index contributed by atoms with van der Waals surface area (Å²) in [6.07, 6.45) is 5.52. The minimum Gasteiger partial charge on any atom is -0.378 e. The molecule has 0 bridgehead atoms. The Morgan fingerprint density at radius 1 is 0.882 bits per heavy atom. The molecule has 0 rings (SSSR count). The molecule has 1 nitrogen and oxygen atoms in total. The van der Waals surface area contributed by atoms with Crippen LogP contribution in [0.4, 0.5) is 0 Å². The maximum absolute atomic E-state index is 5.80. The molecule has 0 aliphatic rings. The second-order valence-corrected chi connectivity index (χ2v) is 8.53. The van der Waals surface area contributed by atoms with E-state index >= 15 is 0 Å². The molecule has 0 saturated carbocycles. The van der Waals surface area contributed by atoms with E-state index < -0.39 is 0 Å². The van der Waals surface area contributed by atoms with Crippen molar-refractivity contribution in [2.45, 2.75) is 21.5 Å². The molecule has 17 heavy (non-hydrogen) atoms. The van der Waals surface area contributed by atoms with Crippen LogP contribution in [0.1, 0.15) is 12.8 Å². The number of alkyl halides is 4. The Morgan fingerprint density at radius 3 is 1.47 bits per heavy atom. The predicted octanol–water partition coefficient (Wildman–Crippen LogP) is 5.21. The number of halogens is 4. The Bertz CT molecular complexity index is 223. The van der Waals surface area contributed by atoms with Crippen molar-refractivity contribution in [1.29, 1.82) is 0 Å². The molecule has 0 N–H and O–H groups in total. The zero-order valence-corrected chi connectivity index (χ0v) is 16.1. The van der Waals surface area contributed by atoms with Crippen molar-refractivity contribution in [3.05, 3.63) is 25.3 Å². The van der Waals surface area contributed by atoms with Gasteiger partial charge in [0, 0.05) is 10.7 Å². The van der Waals surface area contributed by atoms with E-state index in [9.17, 15) is 0 Å². The third-order valence-corrected chi connectivity index (χ3v) is 7.54. The van der Waals surface area contributed by atoms with Crippen molar-refractivity contribution in [3.63, 3.8) is 0 Å². The molecule has 0 fully saturated rings. The lowest BCUT2D eigenvalue weighted by Gasteiger charge is -2.28. The van der Waals surface area contributed by atoms with Crippen LogP contribution in [0.2, 0.25) is 0 Å². The van der Waals surface area contributed by atoms with Gasteiger partial charge in [0.05, 0.1) is 21.9 Å². The van der Waals surface area contributed by atoms with Gasteiger partial charge in [-0.1, -0.05) is 75.9 Å². The zero-order chi connectivity index (χ0) is 13.4. The molecule has 0 spiro atoms. The van der Waals surface area contributed by atoms with Gasteiger partial charge in [-0.2, -0.15) is 0 Å². The van der Waals surface area contributed by atoms with Crippen molar-refractivity contribution in [1.82, 2.24) is 0 Å². The molecule has 0 aromatic heterocycles. The molecule has 0 heterocycles. The number of hydrogen-bond donors (Lipinski definition) is 0. The summed E-state index contributed by atoms with van der Waals surface area (Å²) in [5.41, 5.74) is 0. The van der Waals surface area contributed by atoms with Crippen molar-refractivity contribution < 1.29 is 4.74 Å². The minimum absolute atomic E-state index is 0.0663. The highest BCUT2D eigenvalue weighted by molar-refractivity contribution is 9.12. The Hall–Kier alpha value is 1.36. The molecule has 2 unspecified atom stereocenters. The highest BCUT2D eigenvalue weighted by atomic mass is 79.9. The Kier molecular flexibility index (Phi) is 10.0. The van der Waals surface area contributed by atoms with Crippen LogP contribution in [-0.2, 0) is 4.74 Å². The molecule has 0 saturated heterocycles. The molecular formula is C12H18Br4O. The van der Waals surface area contributed by atoms with Gasteiger partial charge in [-0.15, -0.1) is 13.2 Å². The minimum atomic E-state index is -0.0663. The number of ether oxygens (including phenoxy) is 1. The van der Waals surface area contributed by atoms with Gasteiger partial charge in [0.1, 0.15) is 0 Å². The molecule has 0 aromatic rings. The largest absolute Gasteiger partial charge is 0.378 e. The Labute approximate surface area is 138 Å². The first-order valence-electron chi connectivity index (χ1n) is 5.24. The quantitative estimate of drug-likeness (QED) is 0.297. The first-order valence-corrected chi connectivity index (χ1v) is 9.07. The number of rotatable bonds is 10. The van der Waals surface area contributed by atoms with Crippen LogP contribution in [0.25, 0.3) is 0 Å². The van der Waals surface area contributed by atoms with Gasteiger partial charge in [0.15, 0.2) is 0 Å². The maximum Gasteiger partial charge on any atom is 0.0631 e. The number of hydrogen-bond acceptors (Lipinski definition) is 1. The van der Waals surface area contributed by atoms with Crippen LogP contribution in [0, 0.1) is 0 Å². The molecule has 0 radical (unpaired) electrons. The summed E-state index contributed by atoms with van der Waals surface area (Å²) < 4.78 is 5.67. The van der Waals surface area contributed by atoms with Gasteiger partial charge in [0.25, 0.3) is 0 Å². The van der Waals surface area contributed by atoms with Crippen LogP contribution >= 0.6 is 63.7 Å². The van der Waals surface area contributed by atoms with Crippen LogP contribution in [-0.4, -0.2) is 32.5 Å². The van der Waals surface area contributed by atoms with Gasteiger partial charge >= 0.3 is 0 Å². The van der Waals surface area contributed by atoms with E-state index in [1.54, 1.807) is 0 Å². The van der Waals surface area contributed by atoms with Gasteiger partial charge in [-0.25, -0.2) is 0 Å². The lowest BCUT2D eigenvalue weighted by molar-refractivity contribution is 0.105. The third-order valence-electron chi connectivity index (χ3n) is 2.22. The second-order valence-electron chi connectivity index (χ2n) is 4.05. The molecule has 0 aliphatic heterocycles. The first kappa shape index (κ1) is 18.4. The van der Waals surface area contributed by atoms with Crippen molar-refractivity contribution in [2.75, 3.05) is 23.9 Å². The second kappa shape index (κ2) is 9.29. The summed E-state index contributed by atoms with van der Waals surface area (Å²) in [6.45, 7) is 8.80. The average Bonchev–Trinajstić information content (AvgIpc) is 2.30. The highest BCUT2D eigenvalue weighted by Gasteiger charge is 2.28. The summed E-state index contributed by atoms with van der Waals surface area (Å²) in [6, 6.07) is 0. The van der Waals surface area contributed by atoms with Crippen molar-refractivity contribution in [3.8, 4) is 0 Å². The van der Waals surface area contributed by atoms with E-state index in [4.69, 9.17) is 4.74 Å². The molecular weight excluding hydrogens is 480 g/mol. The SMILES string of the molecule is C=CCC(Br)(CBr)COCC(Br)(CBr)CC=C. The fourth-order valence-electron chi connectivity index (χ4n) is 1.24. The monoisotopic (exact) mass is 494 g/mol. The third kappa shape index (κ3) is 7.51. The van der Waals surface area contributed by atoms with E-state index in [0.29, 0.717) is 13.2 Å². The van der Waals surface area contributed by atoms with Gasteiger partial charge in [-0.3, -0.25) is 0 Å². The Balaban J connectivity index is 4.18. The first-order chi connectivity index (χ1) is 7.95. The molecule has 0 amide bonds. The average molecular weight is 498 g/mol. The molecule has 2 atom stereocenters. The Morgan fingerprint density at radius 2 is 1.24 bits per heavy atom. The van der Waals surface area contributed by atoms with E-state index in [0.717, 1.165) is 23.5 Å². The standard InChI is InChI=1S/C12H18Br4O/c1-3-5-11(15,7-13)9-17-10-12(16,8-14)6-4-2/h3-4H,1-2,5-10H2. The number of allylic oxidation sites excluding steroid dienone is 2. The molecule has 5 heteroatoms. The lowest BCUT2D eigenvalue weighted by Crippen LogP contribution is -2.34. The van der Waals surface area contributed by atoms with E-state index in [1.807, 2.05) is 12.2 Å². The fraction of sp³-hybridized carbons (Fsp3) is 0.667.